The van der Waals surface area contributed by atoms with E-state index in [1.807, 2.05) is 12.1 Å². The van der Waals surface area contributed by atoms with Crippen molar-refractivity contribution in [2.45, 2.75) is 38.9 Å². The minimum atomic E-state index is -0.884. The van der Waals surface area contributed by atoms with E-state index in [4.69, 9.17) is 0 Å². The predicted molar refractivity (Wildman–Crippen MR) is 72.6 cm³/mol. The lowest BCUT2D eigenvalue weighted by Gasteiger charge is -2.19. The first-order valence-corrected chi connectivity index (χ1v) is 6.78. The number of hydrogen-bond donors (Lipinski definition) is 2. The van der Waals surface area contributed by atoms with Crippen LogP contribution in [0.2, 0.25) is 0 Å². The summed E-state index contributed by atoms with van der Waals surface area (Å²) in [7, 11) is 0. The molecule has 1 aromatic carbocycles. The highest BCUT2D eigenvalue weighted by atomic mass is 79.9. The zero-order chi connectivity index (χ0) is 12.5. The molecule has 2 unspecified atom stereocenters. The molecule has 0 aliphatic rings. The van der Waals surface area contributed by atoms with Crippen molar-refractivity contribution in [2.75, 3.05) is 0 Å². The molecule has 0 amide bonds. The van der Waals surface area contributed by atoms with E-state index in [0.29, 0.717) is 11.5 Å². The Morgan fingerprint density at radius 2 is 1.44 bits per heavy atom. The first-order valence-electron chi connectivity index (χ1n) is 5.19. The zero-order valence-corrected chi connectivity index (χ0v) is 12.7. The summed E-state index contributed by atoms with van der Waals surface area (Å²) >= 11 is 6.87. The summed E-state index contributed by atoms with van der Waals surface area (Å²) in [5.74, 6) is 0.422. The molecule has 0 saturated carbocycles. The lowest BCUT2D eigenvalue weighted by molar-refractivity contribution is 0.0296. The van der Waals surface area contributed by atoms with E-state index < -0.39 is 12.2 Å². The van der Waals surface area contributed by atoms with Crippen molar-refractivity contribution in [3.05, 3.63) is 32.2 Å². The van der Waals surface area contributed by atoms with Crippen LogP contribution in [-0.2, 0) is 0 Å². The van der Waals surface area contributed by atoms with Gasteiger partial charge in [0, 0.05) is 14.5 Å². The van der Waals surface area contributed by atoms with Crippen LogP contribution in [0, 0.1) is 0 Å². The Labute approximate surface area is 113 Å². The molecular formula is C12H16Br2O2. The van der Waals surface area contributed by atoms with Crippen molar-refractivity contribution in [1.82, 2.24) is 0 Å². The Bertz CT molecular complexity index is 352. The van der Waals surface area contributed by atoms with Gasteiger partial charge in [0.1, 0.15) is 6.10 Å². The lowest BCUT2D eigenvalue weighted by Crippen LogP contribution is -2.15. The molecule has 1 rings (SSSR count). The predicted octanol–water partition coefficient (Wildman–Crippen LogP) is 3.75. The fourth-order valence-electron chi connectivity index (χ4n) is 1.46. The summed E-state index contributed by atoms with van der Waals surface area (Å²) in [5.41, 5.74) is 1.87. The molecule has 2 nitrogen and oxygen atoms in total. The van der Waals surface area contributed by atoms with Crippen LogP contribution in [0.15, 0.2) is 21.1 Å². The SMILES string of the molecule is CC(C)c1cc(Br)c(C(O)C(C)O)c(Br)c1. The van der Waals surface area contributed by atoms with Gasteiger partial charge in [0.2, 0.25) is 0 Å². The van der Waals surface area contributed by atoms with Crippen molar-refractivity contribution in [3.63, 3.8) is 0 Å². The van der Waals surface area contributed by atoms with Gasteiger partial charge < -0.3 is 10.2 Å². The molecule has 16 heavy (non-hydrogen) atoms. The molecule has 0 aliphatic heterocycles. The van der Waals surface area contributed by atoms with Gasteiger partial charge in [-0.25, -0.2) is 0 Å². The maximum Gasteiger partial charge on any atom is 0.107 e. The first-order chi connectivity index (χ1) is 7.34. The molecule has 90 valence electrons. The van der Waals surface area contributed by atoms with E-state index in [1.54, 1.807) is 6.92 Å². The van der Waals surface area contributed by atoms with Crippen LogP contribution in [0.4, 0.5) is 0 Å². The second-order valence-corrected chi connectivity index (χ2v) is 5.95. The van der Waals surface area contributed by atoms with E-state index in [-0.39, 0.29) is 0 Å². The summed E-state index contributed by atoms with van der Waals surface area (Å²) in [5, 5.41) is 19.3. The number of benzene rings is 1. The van der Waals surface area contributed by atoms with Crippen LogP contribution >= 0.6 is 31.9 Å². The third-order valence-corrected chi connectivity index (χ3v) is 3.83. The minimum Gasteiger partial charge on any atom is -0.390 e. The highest BCUT2D eigenvalue weighted by molar-refractivity contribution is 9.11. The Kier molecular flexibility index (Phi) is 4.98. The topological polar surface area (TPSA) is 40.5 Å². The molecule has 2 N–H and O–H groups in total. The molecule has 0 radical (unpaired) electrons. The van der Waals surface area contributed by atoms with Crippen molar-refractivity contribution >= 4 is 31.9 Å². The standard InChI is InChI=1S/C12H16Br2O2/c1-6(2)8-4-9(13)11(10(14)5-8)12(16)7(3)15/h4-7,12,15-16H,1-3H3. The molecule has 0 heterocycles. The smallest absolute Gasteiger partial charge is 0.107 e. The van der Waals surface area contributed by atoms with Gasteiger partial charge in [-0.3, -0.25) is 0 Å². The van der Waals surface area contributed by atoms with Gasteiger partial charge in [0.05, 0.1) is 6.10 Å². The van der Waals surface area contributed by atoms with Gasteiger partial charge >= 0.3 is 0 Å². The van der Waals surface area contributed by atoms with Crippen LogP contribution < -0.4 is 0 Å². The second kappa shape index (κ2) is 5.63. The van der Waals surface area contributed by atoms with Crippen molar-refractivity contribution in [3.8, 4) is 0 Å². The van der Waals surface area contributed by atoms with Crippen LogP contribution in [0.3, 0.4) is 0 Å². The molecule has 4 heteroatoms. The Morgan fingerprint density at radius 1 is 1.00 bits per heavy atom. The van der Waals surface area contributed by atoms with Gasteiger partial charge in [-0.2, -0.15) is 0 Å². The molecular weight excluding hydrogens is 336 g/mol. The Balaban J connectivity index is 3.22. The fraction of sp³-hybridized carbons (Fsp3) is 0.500. The summed E-state index contributed by atoms with van der Waals surface area (Å²) < 4.78 is 1.64. The second-order valence-electron chi connectivity index (χ2n) is 4.24. The highest BCUT2D eigenvalue weighted by Gasteiger charge is 2.20. The molecule has 0 spiro atoms. The van der Waals surface area contributed by atoms with Gasteiger partial charge in [-0.15, -0.1) is 0 Å². The summed E-state index contributed by atoms with van der Waals surface area (Å²) in [6.07, 6.45) is -1.68. The molecule has 0 bridgehead atoms. The summed E-state index contributed by atoms with van der Waals surface area (Å²) in [4.78, 5) is 0. The van der Waals surface area contributed by atoms with E-state index in [2.05, 4.69) is 45.7 Å². The maximum absolute atomic E-state index is 9.88. The zero-order valence-electron chi connectivity index (χ0n) is 9.54. The molecule has 0 saturated heterocycles. The van der Waals surface area contributed by atoms with Crippen molar-refractivity contribution in [2.24, 2.45) is 0 Å². The third-order valence-electron chi connectivity index (χ3n) is 2.52. The molecule has 0 aliphatic carbocycles. The average molecular weight is 352 g/mol. The summed E-state index contributed by atoms with van der Waals surface area (Å²) in [6.45, 7) is 5.79. The molecule has 0 fully saturated rings. The highest BCUT2D eigenvalue weighted by Crippen LogP contribution is 2.35. The minimum absolute atomic E-state index is 0.422. The largest absolute Gasteiger partial charge is 0.390 e. The third kappa shape index (κ3) is 3.06. The fourth-order valence-corrected chi connectivity index (χ4v) is 3.15. The van der Waals surface area contributed by atoms with Gasteiger partial charge in [0.15, 0.2) is 0 Å². The van der Waals surface area contributed by atoms with Gasteiger partial charge in [-0.1, -0.05) is 45.7 Å². The van der Waals surface area contributed by atoms with E-state index in [9.17, 15) is 10.2 Å². The Morgan fingerprint density at radius 3 is 1.75 bits per heavy atom. The number of aliphatic hydroxyl groups excluding tert-OH is 2. The quantitative estimate of drug-likeness (QED) is 0.870. The maximum atomic E-state index is 9.88. The van der Waals surface area contributed by atoms with Crippen LogP contribution in [0.25, 0.3) is 0 Å². The molecule has 1 aromatic rings. The van der Waals surface area contributed by atoms with Crippen LogP contribution in [0.5, 0.6) is 0 Å². The number of rotatable bonds is 3. The number of aliphatic hydroxyl groups is 2. The van der Waals surface area contributed by atoms with Crippen molar-refractivity contribution < 1.29 is 10.2 Å². The number of halogens is 2. The van der Waals surface area contributed by atoms with Crippen molar-refractivity contribution in [1.29, 1.82) is 0 Å². The van der Waals surface area contributed by atoms with Crippen LogP contribution in [0.1, 0.15) is 43.9 Å². The monoisotopic (exact) mass is 350 g/mol. The lowest BCUT2D eigenvalue weighted by atomic mass is 9.98. The first kappa shape index (κ1) is 14.2. The normalized spacial score (nSPS) is 15.2. The average Bonchev–Trinajstić information content (AvgIpc) is 2.15. The summed E-state index contributed by atoms with van der Waals surface area (Å²) in [6, 6.07) is 3.96. The van der Waals surface area contributed by atoms with E-state index >= 15 is 0 Å². The Hall–Kier alpha value is 0.1000. The molecule has 0 aromatic heterocycles. The van der Waals surface area contributed by atoms with E-state index in [0.717, 1.165) is 8.95 Å². The van der Waals surface area contributed by atoms with Gasteiger partial charge in [-0.05, 0) is 30.5 Å². The van der Waals surface area contributed by atoms with Gasteiger partial charge in [0.25, 0.3) is 0 Å². The van der Waals surface area contributed by atoms with E-state index in [1.165, 1.54) is 5.56 Å². The van der Waals surface area contributed by atoms with Crippen LogP contribution in [-0.4, -0.2) is 16.3 Å². The molecule has 2 atom stereocenters. The number of hydrogen-bond acceptors (Lipinski definition) is 2.